The summed E-state index contributed by atoms with van der Waals surface area (Å²) >= 11 is 5.62. The third kappa shape index (κ3) is 3.64. The molecule has 0 saturated heterocycles. The highest BCUT2D eigenvalue weighted by molar-refractivity contribution is 6.32. The minimum absolute atomic E-state index is 0.0433. The number of benzene rings is 1. The maximum absolute atomic E-state index is 11.3. The van der Waals surface area contributed by atoms with E-state index in [9.17, 15) is 9.90 Å². The van der Waals surface area contributed by atoms with Crippen LogP contribution in [0.3, 0.4) is 0 Å². The van der Waals surface area contributed by atoms with Crippen molar-refractivity contribution < 1.29 is 9.90 Å². The van der Waals surface area contributed by atoms with Gasteiger partial charge in [0.05, 0.1) is 5.02 Å². The van der Waals surface area contributed by atoms with Crippen molar-refractivity contribution in [2.45, 2.75) is 12.8 Å². The van der Waals surface area contributed by atoms with Crippen molar-refractivity contribution in [3.63, 3.8) is 0 Å². The molecule has 3 nitrogen and oxygen atoms in total. The molecule has 0 atom stereocenters. The lowest BCUT2D eigenvalue weighted by Gasteiger charge is -2.05. The van der Waals surface area contributed by atoms with Crippen LogP contribution in [0.4, 0.5) is 5.69 Å². The molecule has 0 heterocycles. The third-order valence-corrected chi connectivity index (χ3v) is 2.13. The second-order valence-electron chi connectivity index (χ2n) is 3.04. The Balaban J connectivity index is 2.60. The fourth-order valence-electron chi connectivity index (χ4n) is 1.05. The predicted octanol–water partition coefficient (Wildman–Crippen LogP) is 2.95. The zero-order chi connectivity index (χ0) is 11.3. The average molecular weight is 226 g/mol. The highest BCUT2D eigenvalue weighted by atomic mass is 35.5. The molecule has 0 saturated carbocycles. The van der Waals surface area contributed by atoms with Crippen LogP contribution in [0.2, 0.25) is 5.02 Å². The van der Waals surface area contributed by atoms with Crippen LogP contribution in [0.1, 0.15) is 12.8 Å². The molecular formula is C11H12ClNO2. The van der Waals surface area contributed by atoms with Crippen molar-refractivity contribution in [1.29, 1.82) is 0 Å². The van der Waals surface area contributed by atoms with Crippen LogP contribution in [0, 0.1) is 0 Å². The zero-order valence-corrected chi connectivity index (χ0v) is 8.92. The van der Waals surface area contributed by atoms with E-state index in [1.807, 2.05) is 0 Å². The maximum atomic E-state index is 11.3. The second-order valence-corrected chi connectivity index (χ2v) is 3.45. The first kappa shape index (κ1) is 11.6. The highest BCUT2D eigenvalue weighted by Crippen LogP contribution is 2.26. The third-order valence-electron chi connectivity index (χ3n) is 1.81. The van der Waals surface area contributed by atoms with Crippen LogP contribution < -0.4 is 5.32 Å². The minimum Gasteiger partial charge on any atom is -0.506 e. The number of carbonyl (C=O) groups excluding carboxylic acids is 1. The summed E-state index contributed by atoms with van der Waals surface area (Å²) in [4.78, 5) is 11.3. The molecule has 0 radical (unpaired) electrons. The molecule has 1 aromatic carbocycles. The number of anilines is 1. The van der Waals surface area contributed by atoms with E-state index in [1.54, 1.807) is 12.1 Å². The molecule has 0 unspecified atom stereocenters. The van der Waals surface area contributed by atoms with E-state index < -0.39 is 0 Å². The maximum Gasteiger partial charge on any atom is 0.224 e. The SMILES string of the molecule is C=CCCC(=O)Nc1ccc(Cl)c(O)c1. The number of nitrogens with one attached hydrogen (secondary N) is 1. The molecule has 80 valence electrons. The van der Waals surface area contributed by atoms with E-state index >= 15 is 0 Å². The van der Waals surface area contributed by atoms with Gasteiger partial charge in [-0.25, -0.2) is 0 Å². The van der Waals surface area contributed by atoms with Crippen LogP contribution in [0.15, 0.2) is 30.9 Å². The summed E-state index contributed by atoms with van der Waals surface area (Å²) in [6.45, 7) is 3.53. The molecule has 0 fully saturated rings. The summed E-state index contributed by atoms with van der Waals surface area (Å²) in [5, 5.41) is 12.2. The van der Waals surface area contributed by atoms with Crippen LogP contribution in [0.5, 0.6) is 5.75 Å². The lowest BCUT2D eigenvalue weighted by Crippen LogP contribution is -2.10. The molecule has 1 amide bonds. The molecule has 0 aliphatic heterocycles. The Hall–Kier alpha value is -1.48. The van der Waals surface area contributed by atoms with Gasteiger partial charge in [-0.2, -0.15) is 0 Å². The number of aromatic hydroxyl groups is 1. The summed E-state index contributed by atoms with van der Waals surface area (Å²) in [6, 6.07) is 4.57. The average Bonchev–Trinajstić information content (AvgIpc) is 2.20. The van der Waals surface area contributed by atoms with Crippen LogP contribution in [-0.2, 0) is 4.79 Å². The van der Waals surface area contributed by atoms with Crippen molar-refractivity contribution >= 4 is 23.2 Å². The number of phenols is 1. The monoisotopic (exact) mass is 225 g/mol. The summed E-state index contributed by atoms with van der Waals surface area (Å²) < 4.78 is 0. The number of allylic oxidation sites excluding steroid dienone is 1. The fraction of sp³-hybridized carbons (Fsp3) is 0.182. The fourth-order valence-corrected chi connectivity index (χ4v) is 1.16. The number of hydrogen-bond acceptors (Lipinski definition) is 2. The zero-order valence-electron chi connectivity index (χ0n) is 8.16. The molecule has 4 heteroatoms. The molecule has 0 aliphatic carbocycles. The Morgan fingerprint density at radius 3 is 2.93 bits per heavy atom. The predicted molar refractivity (Wildman–Crippen MR) is 61.2 cm³/mol. The van der Waals surface area contributed by atoms with Crippen molar-refractivity contribution in [2.75, 3.05) is 5.32 Å². The van der Waals surface area contributed by atoms with Crippen molar-refractivity contribution in [3.8, 4) is 5.75 Å². The van der Waals surface area contributed by atoms with E-state index in [1.165, 1.54) is 12.1 Å². The van der Waals surface area contributed by atoms with Gasteiger partial charge in [-0.15, -0.1) is 6.58 Å². The highest BCUT2D eigenvalue weighted by Gasteiger charge is 2.03. The number of rotatable bonds is 4. The second kappa shape index (κ2) is 5.41. The number of phenolic OH excluding ortho intramolecular Hbond substituents is 1. The van der Waals surface area contributed by atoms with E-state index in [0.717, 1.165) is 0 Å². The smallest absolute Gasteiger partial charge is 0.224 e. The quantitative estimate of drug-likeness (QED) is 0.774. The van der Waals surface area contributed by atoms with E-state index in [2.05, 4.69) is 11.9 Å². The molecule has 1 aromatic rings. The molecule has 15 heavy (non-hydrogen) atoms. The lowest BCUT2D eigenvalue weighted by molar-refractivity contribution is -0.116. The van der Waals surface area contributed by atoms with Gasteiger partial charge in [0.1, 0.15) is 5.75 Å². The van der Waals surface area contributed by atoms with Crippen LogP contribution in [0.25, 0.3) is 0 Å². The number of amides is 1. The first-order chi connectivity index (χ1) is 7.13. The standard InChI is InChI=1S/C11H12ClNO2/c1-2-3-4-11(15)13-8-5-6-9(12)10(14)7-8/h2,5-7,14H,1,3-4H2,(H,13,15). The number of carbonyl (C=O) groups is 1. The van der Waals surface area contributed by atoms with Crippen LogP contribution in [-0.4, -0.2) is 11.0 Å². The first-order valence-electron chi connectivity index (χ1n) is 4.52. The molecule has 0 aromatic heterocycles. The van der Waals surface area contributed by atoms with Gasteiger partial charge in [0.2, 0.25) is 5.91 Å². The van der Waals surface area contributed by atoms with Crippen molar-refractivity contribution in [2.24, 2.45) is 0 Å². The van der Waals surface area contributed by atoms with Crippen molar-refractivity contribution in [3.05, 3.63) is 35.9 Å². The van der Waals surface area contributed by atoms with E-state index in [4.69, 9.17) is 11.6 Å². The van der Waals surface area contributed by atoms with Gasteiger partial charge in [-0.05, 0) is 18.6 Å². The Morgan fingerprint density at radius 1 is 1.60 bits per heavy atom. The first-order valence-corrected chi connectivity index (χ1v) is 4.90. The summed E-state index contributed by atoms with van der Waals surface area (Å²) in [6.07, 6.45) is 2.69. The van der Waals surface area contributed by atoms with Crippen molar-refractivity contribution in [1.82, 2.24) is 0 Å². The summed E-state index contributed by atoms with van der Waals surface area (Å²) in [5.74, 6) is -0.158. The van der Waals surface area contributed by atoms with Gasteiger partial charge in [0.25, 0.3) is 0 Å². The van der Waals surface area contributed by atoms with Crippen LogP contribution >= 0.6 is 11.6 Å². The molecule has 1 rings (SSSR count). The van der Waals surface area contributed by atoms with Gasteiger partial charge < -0.3 is 10.4 Å². The van der Waals surface area contributed by atoms with Gasteiger partial charge in [0.15, 0.2) is 0 Å². The molecule has 0 aliphatic rings. The Kier molecular flexibility index (Phi) is 4.18. The molecular weight excluding hydrogens is 214 g/mol. The van der Waals surface area contributed by atoms with Gasteiger partial charge in [-0.3, -0.25) is 4.79 Å². The van der Waals surface area contributed by atoms with Gasteiger partial charge in [-0.1, -0.05) is 17.7 Å². The van der Waals surface area contributed by atoms with E-state index in [0.29, 0.717) is 18.5 Å². The number of hydrogen-bond donors (Lipinski definition) is 2. The summed E-state index contributed by atoms with van der Waals surface area (Å²) in [5.41, 5.74) is 0.533. The van der Waals surface area contributed by atoms with Gasteiger partial charge in [0, 0.05) is 18.2 Å². The normalized spacial score (nSPS) is 9.67. The molecule has 0 bridgehead atoms. The Labute approximate surface area is 93.4 Å². The molecule has 2 N–H and O–H groups in total. The Morgan fingerprint density at radius 2 is 2.33 bits per heavy atom. The van der Waals surface area contributed by atoms with E-state index in [-0.39, 0.29) is 16.7 Å². The topological polar surface area (TPSA) is 49.3 Å². The number of halogens is 1. The molecule has 0 spiro atoms. The minimum atomic E-state index is -0.114. The summed E-state index contributed by atoms with van der Waals surface area (Å²) in [7, 11) is 0. The largest absolute Gasteiger partial charge is 0.506 e. The lowest BCUT2D eigenvalue weighted by atomic mass is 10.2. The Bertz CT molecular complexity index is 377. The van der Waals surface area contributed by atoms with Gasteiger partial charge >= 0.3 is 0 Å².